The summed E-state index contributed by atoms with van der Waals surface area (Å²) < 4.78 is 6.52. The fourth-order valence-electron chi connectivity index (χ4n) is 2.74. The van der Waals surface area contributed by atoms with Gasteiger partial charge in [-0.1, -0.05) is 18.2 Å². The lowest BCUT2D eigenvalue weighted by molar-refractivity contribution is 0.0329. The summed E-state index contributed by atoms with van der Waals surface area (Å²) in [5.74, 6) is 0.0693. The molecule has 1 fully saturated rings. The van der Waals surface area contributed by atoms with Crippen LogP contribution in [-0.2, 0) is 4.74 Å². The zero-order chi connectivity index (χ0) is 16.4. The van der Waals surface area contributed by atoms with Gasteiger partial charge in [0.05, 0.1) is 5.56 Å². The number of likely N-dealkylation sites (tertiary alicyclic amines) is 1. The minimum absolute atomic E-state index is 0.0693. The summed E-state index contributed by atoms with van der Waals surface area (Å²) in [6, 6.07) is 7.96. The molecule has 122 valence electrons. The van der Waals surface area contributed by atoms with E-state index in [0.29, 0.717) is 25.9 Å². The molecule has 2 amide bonds. The molecule has 0 radical (unpaired) electrons. The van der Waals surface area contributed by atoms with Gasteiger partial charge in [0.25, 0.3) is 5.91 Å². The number of thiophene rings is 1. The Bertz CT molecular complexity index is 717. The highest BCUT2D eigenvalue weighted by atomic mass is 32.1. The first-order chi connectivity index (χ1) is 11.1. The van der Waals surface area contributed by atoms with Crippen LogP contribution in [-0.4, -0.2) is 55.1 Å². The van der Waals surface area contributed by atoms with Crippen LogP contribution in [0.3, 0.4) is 0 Å². The second kappa shape index (κ2) is 6.58. The molecular weight excluding hydrogens is 312 g/mol. The normalized spacial score (nSPS) is 15.7. The fraction of sp³-hybridized carbons (Fsp3) is 0.412. The van der Waals surface area contributed by atoms with E-state index in [9.17, 15) is 9.59 Å². The van der Waals surface area contributed by atoms with Gasteiger partial charge in [0, 0.05) is 55.5 Å². The van der Waals surface area contributed by atoms with E-state index in [4.69, 9.17) is 4.74 Å². The van der Waals surface area contributed by atoms with E-state index in [1.165, 1.54) is 4.90 Å². The maximum Gasteiger partial charge on any atom is 0.409 e. The third kappa shape index (κ3) is 3.32. The molecule has 1 aromatic heterocycles. The SMILES string of the molecule is CN(C)C(=O)OC1CCN(C(=O)c2csc3ccccc23)CC1. The summed E-state index contributed by atoms with van der Waals surface area (Å²) >= 11 is 1.60. The minimum atomic E-state index is -0.321. The number of ether oxygens (including phenoxy) is 1. The lowest BCUT2D eigenvalue weighted by Crippen LogP contribution is -2.42. The molecule has 0 aliphatic carbocycles. The van der Waals surface area contributed by atoms with Gasteiger partial charge in [-0.25, -0.2) is 4.79 Å². The Balaban J connectivity index is 1.63. The molecule has 0 unspecified atom stereocenters. The van der Waals surface area contributed by atoms with Crippen molar-refractivity contribution in [2.75, 3.05) is 27.2 Å². The third-order valence-electron chi connectivity index (χ3n) is 4.07. The Kier molecular flexibility index (Phi) is 4.52. The van der Waals surface area contributed by atoms with Crippen LogP contribution in [0.5, 0.6) is 0 Å². The fourth-order valence-corrected chi connectivity index (χ4v) is 3.67. The smallest absolute Gasteiger partial charge is 0.409 e. The zero-order valence-corrected chi connectivity index (χ0v) is 14.1. The Hall–Kier alpha value is -2.08. The second-order valence-electron chi connectivity index (χ2n) is 5.92. The standard InChI is InChI=1S/C17H20N2O3S/c1-18(2)17(21)22-12-7-9-19(10-8-12)16(20)14-11-23-15-6-4-3-5-13(14)15/h3-6,11-12H,7-10H2,1-2H3. The molecule has 2 aromatic rings. The highest BCUT2D eigenvalue weighted by Gasteiger charge is 2.27. The van der Waals surface area contributed by atoms with Gasteiger partial charge in [-0.2, -0.15) is 0 Å². The summed E-state index contributed by atoms with van der Waals surface area (Å²) in [6.45, 7) is 1.24. The number of fused-ring (bicyclic) bond motifs is 1. The largest absolute Gasteiger partial charge is 0.446 e. The maximum absolute atomic E-state index is 12.7. The van der Waals surface area contributed by atoms with E-state index in [1.54, 1.807) is 25.4 Å². The minimum Gasteiger partial charge on any atom is -0.446 e. The van der Waals surface area contributed by atoms with Gasteiger partial charge < -0.3 is 14.5 Å². The predicted octanol–water partition coefficient (Wildman–Crippen LogP) is 3.20. The molecule has 0 N–H and O–H groups in total. The summed E-state index contributed by atoms with van der Waals surface area (Å²) in [7, 11) is 3.34. The van der Waals surface area contributed by atoms with Crippen LogP contribution in [0.2, 0.25) is 0 Å². The molecule has 1 saturated heterocycles. The van der Waals surface area contributed by atoms with Crippen LogP contribution in [0, 0.1) is 0 Å². The summed E-state index contributed by atoms with van der Waals surface area (Å²) in [6.07, 6.45) is 0.951. The van der Waals surface area contributed by atoms with Gasteiger partial charge in [0.1, 0.15) is 6.10 Å². The molecule has 0 atom stereocenters. The molecule has 2 heterocycles. The number of carbonyl (C=O) groups excluding carboxylic acids is 2. The van der Waals surface area contributed by atoms with Crippen molar-refractivity contribution in [2.45, 2.75) is 18.9 Å². The summed E-state index contributed by atoms with van der Waals surface area (Å²) in [5, 5.41) is 2.95. The Morgan fingerprint density at radius 1 is 1.22 bits per heavy atom. The maximum atomic E-state index is 12.7. The molecule has 1 aliphatic rings. The van der Waals surface area contributed by atoms with E-state index < -0.39 is 0 Å². The van der Waals surface area contributed by atoms with E-state index in [2.05, 4.69) is 0 Å². The van der Waals surface area contributed by atoms with E-state index >= 15 is 0 Å². The molecule has 1 aromatic carbocycles. The van der Waals surface area contributed by atoms with Crippen LogP contribution in [0.1, 0.15) is 23.2 Å². The molecule has 0 bridgehead atoms. The zero-order valence-electron chi connectivity index (χ0n) is 13.3. The number of nitrogens with zero attached hydrogens (tertiary/aromatic N) is 2. The van der Waals surface area contributed by atoms with Crippen molar-refractivity contribution in [3.63, 3.8) is 0 Å². The van der Waals surface area contributed by atoms with Gasteiger partial charge in [0.2, 0.25) is 0 Å². The van der Waals surface area contributed by atoms with Crippen molar-refractivity contribution in [1.82, 2.24) is 9.80 Å². The van der Waals surface area contributed by atoms with Gasteiger partial charge in [-0.05, 0) is 6.07 Å². The number of hydrogen-bond donors (Lipinski definition) is 0. The third-order valence-corrected chi connectivity index (χ3v) is 5.04. The van der Waals surface area contributed by atoms with Crippen LogP contribution < -0.4 is 0 Å². The molecule has 1 aliphatic heterocycles. The molecule has 23 heavy (non-hydrogen) atoms. The van der Waals surface area contributed by atoms with E-state index in [1.807, 2.05) is 34.5 Å². The molecule has 5 nitrogen and oxygen atoms in total. The summed E-state index contributed by atoms with van der Waals surface area (Å²) in [5.41, 5.74) is 0.773. The van der Waals surface area contributed by atoms with Crippen LogP contribution in [0.25, 0.3) is 10.1 Å². The van der Waals surface area contributed by atoms with Crippen molar-refractivity contribution in [2.24, 2.45) is 0 Å². The Morgan fingerprint density at radius 2 is 1.91 bits per heavy atom. The van der Waals surface area contributed by atoms with E-state index in [0.717, 1.165) is 15.6 Å². The summed E-state index contributed by atoms with van der Waals surface area (Å²) in [4.78, 5) is 27.6. The van der Waals surface area contributed by atoms with Crippen molar-refractivity contribution in [3.8, 4) is 0 Å². The monoisotopic (exact) mass is 332 g/mol. The average Bonchev–Trinajstić information content (AvgIpc) is 2.99. The topological polar surface area (TPSA) is 49.9 Å². The van der Waals surface area contributed by atoms with Crippen LogP contribution in [0.4, 0.5) is 4.79 Å². The lowest BCUT2D eigenvalue weighted by Gasteiger charge is -2.32. The molecule has 3 rings (SSSR count). The molecular formula is C17H20N2O3S. The second-order valence-corrected chi connectivity index (χ2v) is 6.83. The first kappa shape index (κ1) is 15.8. The van der Waals surface area contributed by atoms with Gasteiger partial charge in [-0.3, -0.25) is 4.79 Å². The average molecular weight is 332 g/mol. The number of piperidine rings is 1. The lowest BCUT2D eigenvalue weighted by atomic mass is 10.1. The molecule has 0 saturated carbocycles. The molecule has 0 spiro atoms. The van der Waals surface area contributed by atoms with E-state index in [-0.39, 0.29) is 18.1 Å². The highest BCUT2D eigenvalue weighted by Crippen LogP contribution is 2.27. The Morgan fingerprint density at radius 3 is 2.61 bits per heavy atom. The van der Waals surface area contributed by atoms with Crippen LogP contribution in [0.15, 0.2) is 29.6 Å². The van der Waals surface area contributed by atoms with Gasteiger partial charge in [-0.15, -0.1) is 11.3 Å². The number of hydrogen-bond acceptors (Lipinski definition) is 4. The highest BCUT2D eigenvalue weighted by molar-refractivity contribution is 7.17. The Labute approximate surface area is 139 Å². The van der Waals surface area contributed by atoms with Gasteiger partial charge >= 0.3 is 6.09 Å². The van der Waals surface area contributed by atoms with Crippen molar-refractivity contribution >= 4 is 33.4 Å². The molecule has 6 heteroatoms. The van der Waals surface area contributed by atoms with Crippen molar-refractivity contribution in [3.05, 3.63) is 35.2 Å². The predicted molar refractivity (Wildman–Crippen MR) is 90.9 cm³/mol. The first-order valence-electron chi connectivity index (χ1n) is 7.69. The van der Waals surface area contributed by atoms with Gasteiger partial charge in [0.15, 0.2) is 0 Å². The number of benzene rings is 1. The number of rotatable bonds is 2. The van der Waals surface area contributed by atoms with Crippen molar-refractivity contribution in [1.29, 1.82) is 0 Å². The van der Waals surface area contributed by atoms with Crippen molar-refractivity contribution < 1.29 is 14.3 Å². The first-order valence-corrected chi connectivity index (χ1v) is 8.57. The number of carbonyl (C=O) groups is 2. The number of amides is 2. The van der Waals surface area contributed by atoms with Crippen LogP contribution >= 0.6 is 11.3 Å². The quantitative estimate of drug-likeness (QED) is 0.848.